The van der Waals surface area contributed by atoms with Crippen LogP contribution in [0.2, 0.25) is 0 Å². The topological polar surface area (TPSA) is 36.0 Å². The molecule has 0 fully saturated rings. The fourth-order valence-electron chi connectivity index (χ4n) is 1.63. The summed E-state index contributed by atoms with van der Waals surface area (Å²) < 4.78 is 0. The fraction of sp³-hybridized carbons (Fsp3) is 0.333. The monoisotopic (exact) mass is 189 g/mol. The molecule has 2 heteroatoms. The first-order chi connectivity index (χ1) is 6.75. The lowest BCUT2D eigenvalue weighted by Crippen LogP contribution is -2.01. The molecule has 0 amide bonds. The number of aromatic nitrogens is 1. The van der Waals surface area contributed by atoms with Crippen molar-refractivity contribution >= 4 is 10.9 Å². The lowest BCUT2D eigenvalue weighted by atomic mass is 10.1. The highest BCUT2D eigenvalue weighted by atomic mass is 16.3. The van der Waals surface area contributed by atoms with Crippen LogP contribution < -0.4 is 0 Å². The molecular weight excluding hydrogens is 174 g/mol. The summed E-state index contributed by atoms with van der Waals surface area (Å²) in [4.78, 5) is 3.34. The smallest absolute Gasteiger partial charge is 0.0515 e. The van der Waals surface area contributed by atoms with Gasteiger partial charge in [0.2, 0.25) is 0 Å². The molecule has 1 atom stereocenters. The number of hydrogen-bond donors (Lipinski definition) is 2. The molecule has 1 aromatic heterocycles. The molecule has 2 rings (SSSR count). The van der Waals surface area contributed by atoms with Gasteiger partial charge in [-0.25, -0.2) is 0 Å². The zero-order valence-corrected chi connectivity index (χ0v) is 8.33. The fourth-order valence-corrected chi connectivity index (χ4v) is 1.63. The van der Waals surface area contributed by atoms with Gasteiger partial charge in [-0.1, -0.05) is 18.2 Å². The lowest BCUT2D eigenvalue weighted by Gasteiger charge is -2.00. The molecule has 1 heterocycles. The Labute approximate surface area is 83.6 Å². The van der Waals surface area contributed by atoms with E-state index in [1.54, 1.807) is 0 Å². The van der Waals surface area contributed by atoms with Gasteiger partial charge in [-0.2, -0.15) is 0 Å². The van der Waals surface area contributed by atoms with Gasteiger partial charge in [0.25, 0.3) is 0 Å². The number of nitrogens with one attached hydrogen (secondary N) is 1. The molecule has 2 N–H and O–H groups in total. The third kappa shape index (κ3) is 1.96. The third-order valence-electron chi connectivity index (χ3n) is 2.42. The number of fused-ring (bicyclic) bond motifs is 1. The summed E-state index contributed by atoms with van der Waals surface area (Å²) in [6.07, 6.45) is 1.50. The van der Waals surface area contributed by atoms with E-state index in [4.69, 9.17) is 0 Å². The first kappa shape index (κ1) is 9.28. The molecule has 14 heavy (non-hydrogen) atoms. The molecule has 0 aliphatic carbocycles. The maximum absolute atomic E-state index is 9.17. The average Bonchev–Trinajstić information content (AvgIpc) is 2.57. The van der Waals surface area contributed by atoms with Crippen LogP contribution in [0.1, 0.15) is 19.0 Å². The summed E-state index contributed by atoms with van der Waals surface area (Å²) in [5.41, 5.74) is 2.38. The first-order valence-electron chi connectivity index (χ1n) is 5.00. The Morgan fingerprint density at radius 1 is 1.36 bits per heavy atom. The second kappa shape index (κ2) is 3.84. The van der Waals surface area contributed by atoms with Crippen LogP contribution in [0.25, 0.3) is 10.9 Å². The minimum Gasteiger partial charge on any atom is -0.393 e. The van der Waals surface area contributed by atoms with Crippen LogP contribution in [0.15, 0.2) is 30.3 Å². The van der Waals surface area contributed by atoms with Crippen LogP contribution in [-0.4, -0.2) is 16.2 Å². The maximum atomic E-state index is 9.17. The second-order valence-electron chi connectivity index (χ2n) is 3.77. The Bertz CT molecular complexity index is 384. The van der Waals surface area contributed by atoms with Gasteiger partial charge in [-0.3, -0.25) is 0 Å². The van der Waals surface area contributed by atoms with Crippen LogP contribution in [0.4, 0.5) is 0 Å². The highest BCUT2D eigenvalue weighted by molar-refractivity contribution is 5.80. The van der Waals surface area contributed by atoms with E-state index in [1.165, 1.54) is 16.6 Å². The van der Waals surface area contributed by atoms with E-state index in [-0.39, 0.29) is 6.10 Å². The zero-order valence-electron chi connectivity index (χ0n) is 8.33. The minimum absolute atomic E-state index is 0.221. The number of aromatic amines is 1. The average molecular weight is 189 g/mol. The van der Waals surface area contributed by atoms with Crippen LogP contribution in [0.5, 0.6) is 0 Å². The van der Waals surface area contributed by atoms with Crippen molar-refractivity contribution in [2.45, 2.75) is 25.9 Å². The third-order valence-corrected chi connectivity index (χ3v) is 2.42. The van der Waals surface area contributed by atoms with E-state index in [0.717, 1.165) is 12.8 Å². The van der Waals surface area contributed by atoms with Gasteiger partial charge >= 0.3 is 0 Å². The van der Waals surface area contributed by atoms with Crippen molar-refractivity contribution in [2.24, 2.45) is 0 Å². The van der Waals surface area contributed by atoms with Gasteiger partial charge in [-0.15, -0.1) is 0 Å². The first-order valence-corrected chi connectivity index (χ1v) is 5.00. The molecule has 0 unspecified atom stereocenters. The van der Waals surface area contributed by atoms with Crippen molar-refractivity contribution in [3.63, 3.8) is 0 Å². The van der Waals surface area contributed by atoms with E-state index < -0.39 is 0 Å². The molecule has 0 spiro atoms. The molecule has 0 aliphatic heterocycles. The molecule has 0 bridgehead atoms. The normalized spacial score (nSPS) is 13.3. The molecular formula is C12H15NO. The summed E-state index contributed by atoms with van der Waals surface area (Å²) in [6.45, 7) is 1.82. The summed E-state index contributed by atoms with van der Waals surface area (Å²) in [5.74, 6) is 0. The molecule has 0 radical (unpaired) electrons. The van der Waals surface area contributed by atoms with E-state index in [0.29, 0.717) is 0 Å². The molecule has 2 aromatic rings. The number of aliphatic hydroxyl groups excluding tert-OH is 1. The highest BCUT2D eigenvalue weighted by Crippen LogP contribution is 2.15. The molecule has 0 aliphatic rings. The van der Waals surface area contributed by atoms with E-state index in [1.807, 2.05) is 19.1 Å². The van der Waals surface area contributed by atoms with E-state index in [2.05, 4.69) is 23.2 Å². The number of aryl methyl sites for hydroxylation is 1. The summed E-state index contributed by atoms with van der Waals surface area (Å²) >= 11 is 0. The SMILES string of the molecule is C[C@@H](O)CCc1cc2ccccc2[nH]1. The Kier molecular flexibility index (Phi) is 2.55. The number of benzene rings is 1. The van der Waals surface area contributed by atoms with Crippen LogP contribution in [-0.2, 0) is 6.42 Å². The molecule has 74 valence electrons. The standard InChI is InChI=1S/C12H15NO/c1-9(14)6-7-11-8-10-4-2-3-5-12(10)13-11/h2-5,8-9,13-14H,6-7H2,1H3/t9-/m1/s1. The Morgan fingerprint density at radius 2 is 2.14 bits per heavy atom. The number of rotatable bonds is 3. The predicted octanol–water partition coefficient (Wildman–Crippen LogP) is 2.48. The highest BCUT2D eigenvalue weighted by Gasteiger charge is 2.01. The number of para-hydroxylation sites is 1. The van der Waals surface area contributed by atoms with Crippen LogP contribution in [0.3, 0.4) is 0 Å². The van der Waals surface area contributed by atoms with Crippen molar-refractivity contribution < 1.29 is 5.11 Å². The Balaban J connectivity index is 2.19. The summed E-state index contributed by atoms with van der Waals surface area (Å²) in [7, 11) is 0. The largest absolute Gasteiger partial charge is 0.393 e. The van der Waals surface area contributed by atoms with Crippen molar-refractivity contribution in [3.05, 3.63) is 36.0 Å². The Morgan fingerprint density at radius 3 is 2.86 bits per heavy atom. The number of aliphatic hydroxyl groups is 1. The molecule has 0 saturated heterocycles. The summed E-state index contributed by atoms with van der Waals surface area (Å²) in [6, 6.07) is 10.4. The Hall–Kier alpha value is -1.28. The quantitative estimate of drug-likeness (QED) is 0.764. The van der Waals surface area contributed by atoms with Crippen molar-refractivity contribution in [1.82, 2.24) is 4.98 Å². The van der Waals surface area contributed by atoms with Gasteiger partial charge in [0, 0.05) is 11.2 Å². The van der Waals surface area contributed by atoms with Crippen LogP contribution in [0, 0.1) is 0 Å². The predicted molar refractivity (Wildman–Crippen MR) is 58.3 cm³/mol. The van der Waals surface area contributed by atoms with Gasteiger partial charge in [0.1, 0.15) is 0 Å². The maximum Gasteiger partial charge on any atom is 0.0515 e. The van der Waals surface area contributed by atoms with Gasteiger partial charge < -0.3 is 10.1 Å². The van der Waals surface area contributed by atoms with Crippen molar-refractivity contribution in [1.29, 1.82) is 0 Å². The van der Waals surface area contributed by atoms with Crippen molar-refractivity contribution in [2.75, 3.05) is 0 Å². The summed E-state index contributed by atoms with van der Waals surface area (Å²) in [5, 5.41) is 10.4. The minimum atomic E-state index is -0.221. The van der Waals surface area contributed by atoms with Gasteiger partial charge in [-0.05, 0) is 37.3 Å². The van der Waals surface area contributed by atoms with E-state index in [9.17, 15) is 5.11 Å². The molecule has 0 saturated carbocycles. The van der Waals surface area contributed by atoms with Crippen LogP contribution >= 0.6 is 0 Å². The molecule has 2 nitrogen and oxygen atoms in total. The number of H-pyrrole nitrogens is 1. The lowest BCUT2D eigenvalue weighted by molar-refractivity contribution is 0.184. The van der Waals surface area contributed by atoms with E-state index >= 15 is 0 Å². The second-order valence-corrected chi connectivity index (χ2v) is 3.77. The van der Waals surface area contributed by atoms with Crippen molar-refractivity contribution in [3.8, 4) is 0 Å². The van der Waals surface area contributed by atoms with Gasteiger partial charge in [0.15, 0.2) is 0 Å². The number of hydrogen-bond acceptors (Lipinski definition) is 1. The zero-order chi connectivity index (χ0) is 9.97. The van der Waals surface area contributed by atoms with Gasteiger partial charge in [0.05, 0.1) is 6.10 Å². The molecule has 1 aromatic carbocycles.